The molecule has 0 saturated carbocycles. The Morgan fingerprint density at radius 3 is 3.14 bits per heavy atom. The van der Waals surface area contributed by atoms with Gasteiger partial charge in [-0.1, -0.05) is 11.6 Å². The number of hydrogen-bond acceptors (Lipinski definition) is 1. The maximum absolute atomic E-state index is 13.7. The third-order valence-electron chi connectivity index (χ3n) is 3.32. The van der Waals surface area contributed by atoms with Crippen LogP contribution in [0.25, 0.3) is 0 Å². The lowest BCUT2D eigenvalue weighted by atomic mass is 9.97. The Bertz CT molecular complexity index is 391. The summed E-state index contributed by atoms with van der Waals surface area (Å²) in [5.74, 6) is 0.374. The number of piperidine rings is 1. The van der Waals surface area contributed by atoms with E-state index < -0.39 is 0 Å². The van der Waals surface area contributed by atoms with Gasteiger partial charge in [-0.15, -0.1) is 0 Å². The van der Waals surface area contributed by atoms with Gasteiger partial charge in [-0.2, -0.15) is 0 Å². The van der Waals surface area contributed by atoms with E-state index in [0.717, 1.165) is 30.5 Å². The van der Waals surface area contributed by atoms with Crippen molar-refractivity contribution in [3.63, 3.8) is 0 Å². The van der Waals surface area contributed by atoms with E-state index in [1.165, 1.54) is 6.07 Å². The highest BCUT2D eigenvalue weighted by atomic mass is 35.5. The first-order chi connectivity index (χ1) is 6.75. The minimum absolute atomic E-state index is 0.144. The van der Waals surface area contributed by atoms with Crippen LogP contribution in [0.3, 0.4) is 0 Å². The van der Waals surface area contributed by atoms with Gasteiger partial charge in [-0.25, -0.2) is 4.39 Å². The number of fused-ring (bicyclic) bond motifs is 5. The molecule has 1 aliphatic heterocycles. The van der Waals surface area contributed by atoms with Crippen molar-refractivity contribution in [1.82, 2.24) is 5.32 Å². The predicted molar refractivity (Wildman–Crippen MR) is 54.1 cm³/mol. The maximum atomic E-state index is 13.7. The van der Waals surface area contributed by atoms with Crippen LogP contribution in [0.2, 0.25) is 5.02 Å². The average molecular weight is 212 g/mol. The molecule has 2 aliphatic rings. The Kier molecular flexibility index (Phi) is 1.83. The highest BCUT2D eigenvalue weighted by Gasteiger charge is 2.36. The summed E-state index contributed by atoms with van der Waals surface area (Å²) in [6.07, 6.45) is 2.13. The molecule has 74 valence electrons. The van der Waals surface area contributed by atoms with Crippen LogP contribution in [0.5, 0.6) is 0 Å². The molecule has 14 heavy (non-hydrogen) atoms. The zero-order valence-electron chi connectivity index (χ0n) is 7.69. The Labute approximate surface area is 87.3 Å². The van der Waals surface area contributed by atoms with Crippen LogP contribution in [0, 0.1) is 5.82 Å². The summed E-state index contributed by atoms with van der Waals surface area (Å²) >= 11 is 5.86. The first-order valence-corrected chi connectivity index (χ1v) is 5.35. The molecule has 3 heteroatoms. The topological polar surface area (TPSA) is 12.0 Å². The van der Waals surface area contributed by atoms with Gasteiger partial charge < -0.3 is 5.32 Å². The van der Waals surface area contributed by atoms with Crippen molar-refractivity contribution in [2.24, 2.45) is 0 Å². The van der Waals surface area contributed by atoms with E-state index in [1.54, 1.807) is 0 Å². The Morgan fingerprint density at radius 2 is 2.29 bits per heavy atom. The summed E-state index contributed by atoms with van der Waals surface area (Å²) in [4.78, 5) is 0. The fraction of sp³-hybridized carbons (Fsp3) is 0.455. The predicted octanol–water partition coefficient (Wildman–Crippen LogP) is 3.00. The van der Waals surface area contributed by atoms with Gasteiger partial charge >= 0.3 is 0 Å². The number of rotatable bonds is 0. The molecule has 0 amide bonds. The zero-order chi connectivity index (χ0) is 9.71. The van der Waals surface area contributed by atoms with Crippen LogP contribution >= 0.6 is 11.6 Å². The minimum atomic E-state index is -0.144. The first kappa shape index (κ1) is 8.69. The Morgan fingerprint density at radius 1 is 1.43 bits per heavy atom. The van der Waals surface area contributed by atoms with E-state index in [4.69, 9.17) is 11.6 Å². The number of hydrogen-bond donors (Lipinski definition) is 1. The number of benzene rings is 1. The minimum Gasteiger partial charge on any atom is -0.310 e. The second-order valence-corrected chi connectivity index (χ2v) is 4.55. The van der Waals surface area contributed by atoms with Crippen molar-refractivity contribution in [3.8, 4) is 0 Å². The molecular weight excluding hydrogens is 201 g/mol. The van der Waals surface area contributed by atoms with Crippen LogP contribution in [0.15, 0.2) is 12.1 Å². The molecular formula is C11H11ClFN. The molecule has 1 saturated heterocycles. The van der Waals surface area contributed by atoms with Gasteiger partial charge in [0.05, 0.1) is 0 Å². The SMILES string of the molecule is Fc1cc(Cl)cc2c1[C@H]1C[C@@H]2CCN1. The van der Waals surface area contributed by atoms with Gasteiger partial charge in [0.2, 0.25) is 0 Å². The van der Waals surface area contributed by atoms with Crippen LogP contribution in [0.1, 0.15) is 35.9 Å². The largest absolute Gasteiger partial charge is 0.310 e. The molecule has 1 aromatic carbocycles. The standard InChI is InChI=1S/C11H11ClFN/c12-7-4-8-6-1-2-14-10(3-6)11(8)9(13)5-7/h4-6,10,14H,1-3H2/t6-,10+/m0/s1. The van der Waals surface area contributed by atoms with E-state index >= 15 is 0 Å². The molecule has 0 aromatic heterocycles. The lowest BCUT2D eigenvalue weighted by molar-refractivity contribution is 0.404. The first-order valence-electron chi connectivity index (χ1n) is 4.98. The lowest BCUT2D eigenvalue weighted by Gasteiger charge is -2.20. The Hall–Kier alpha value is -0.600. The third-order valence-corrected chi connectivity index (χ3v) is 3.54. The molecule has 1 N–H and O–H groups in total. The van der Waals surface area contributed by atoms with Crippen molar-refractivity contribution >= 4 is 11.6 Å². The van der Waals surface area contributed by atoms with Crippen LogP contribution in [-0.4, -0.2) is 6.54 Å². The fourth-order valence-corrected chi connectivity index (χ4v) is 2.94. The van der Waals surface area contributed by atoms with Crippen molar-refractivity contribution < 1.29 is 4.39 Å². The van der Waals surface area contributed by atoms with Gasteiger partial charge in [0.1, 0.15) is 5.82 Å². The van der Waals surface area contributed by atoms with Gasteiger partial charge in [0.15, 0.2) is 0 Å². The monoisotopic (exact) mass is 211 g/mol. The Balaban J connectivity index is 2.21. The second kappa shape index (κ2) is 2.94. The molecule has 1 aromatic rings. The van der Waals surface area contributed by atoms with E-state index in [0.29, 0.717) is 10.9 Å². The molecule has 0 spiro atoms. The fourth-order valence-electron chi connectivity index (χ4n) is 2.73. The van der Waals surface area contributed by atoms with Crippen molar-refractivity contribution in [2.75, 3.05) is 6.54 Å². The summed E-state index contributed by atoms with van der Waals surface area (Å²) < 4.78 is 13.7. The van der Waals surface area contributed by atoms with Gasteiger partial charge in [0, 0.05) is 16.6 Å². The van der Waals surface area contributed by atoms with Crippen LogP contribution in [-0.2, 0) is 0 Å². The highest BCUT2D eigenvalue weighted by Crippen LogP contribution is 2.46. The second-order valence-electron chi connectivity index (χ2n) is 4.12. The highest BCUT2D eigenvalue weighted by molar-refractivity contribution is 6.30. The lowest BCUT2D eigenvalue weighted by Crippen LogP contribution is -2.25. The smallest absolute Gasteiger partial charge is 0.129 e. The molecule has 0 unspecified atom stereocenters. The van der Waals surface area contributed by atoms with Crippen molar-refractivity contribution in [3.05, 3.63) is 34.1 Å². The quantitative estimate of drug-likeness (QED) is 0.696. The van der Waals surface area contributed by atoms with Gasteiger partial charge in [-0.05, 0) is 43.0 Å². The molecule has 1 aliphatic carbocycles. The summed E-state index contributed by atoms with van der Waals surface area (Å²) in [7, 11) is 0. The molecule has 0 radical (unpaired) electrons. The third kappa shape index (κ3) is 1.11. The maximum Gasteiger partial charge on any atom is 0.129 e. The van der Waals surface area contributed by atoms with E-state index in [2.05, 4.69) is 5.32 Å². The molecule has 2 bridgehead atoms. The van der Waals surface area contributed by atoms with Crippen molar-refractivity contribution in [1.29, 1.82) is 0 Å². The summed E-state index contributed by atoms with van der Waals surface area (Å²) in [6.45, 7) is 0.987. The normalized spacial score (nSPS) is 29.0. The molecule has 1 nitrogen and oxygen atoms in total. The molecule has 2 atom stereocenters. The summed E-state index contributed by atoms with van der Waals surface area (Å²) in [5.41, 5.74) is 1.99. The van der Waals surface area contributed by atoms with Gasteiger partial charge in [0.25, 0.3) is 0 Å². The average Bonchev–Trinajstić information content (AvgIpc) is 2.39. The molecule has 1 heterocycles. The van der Waals surface area contributed by atoms with Crippen LogP contribution < -0.4 is 5.32 Å². The number of nitrogens with one attached hydrogen (secondary N) is 1. The number of halogens is 2. The summed E-state index contributed by atoms with van der Waals surface area (Å²) in [6, 6.07) is 3.57. The van der Waals surface area contributed by atoms with Gasteiger partial charge in [-0.3, -0.25) is 0 Å². The summed E-state index contributed by atoms with van der Waals surface area (Å²) in [5, 5.41) is 3.87. The molecule has 1 fully saturated rings. The zero-order valence-corrected chi connectivity index (χ0v) is 8.44. The van der Waals surface area contributed by atoms with E-state index in [-0.39, 0.29) is 11.9 Å². The van der Waals surface area contributed by atoms with E-state index in [9.17, 15) is 4.39 Å². The van der Waals surface area contributed by atoms with Crippen molar-refractivity contribution in [2.45, 2.75) is 24.8 Å². The van der Waals surface area contributed by atoms with E-state index in [1.807, 2.05) is 6.07 Å². The molecule has 3 rings (SSSR count). The van der Waals surface area contributed by atoms with Crippen LogP contribution in [0.4, 0.5) is 4.39 Å².